The van der Waals surface area contributed by atoms with Gasteiger partial charge in [0, 0.05) is 10.9 Å². The van der Waals surface area contributed by atoms with Crippen LogP contribution in [0.2, 0.25) is 5.02 Å². The molecule has 0 bridgehead atoms. The van der Waals surface area contributed by atoms with Crippen LogP contribution < -0.4 is 0 Å². The van der Waals surface area contributed by atoms with E-state index in [0.717, 1.165) is 17.5 Å². The van der Waals surface area contributed by atoms with Gasteiger partial charge in [0.05, 0.1) is 21.8 Å². The number of hydrogen-bond acceptors (Lipinski definition) is 1. The zero-order valence-electron chi connectivity index (χ0n) is 10.7. The maximum Gasteiger partial charge on any atom is 0.416 e. The van der Waals surface area contributed by atoms with Crippen molar-refractivity contribution in [3.8, 4) is 11.3 Å². The number of para-hydroxylation sites is 1. The highest BCUT2D eigenvalue weighted by molar-refractivity contribution is 6.35. The summed E-state index contributed by atoms with van der Waals surface area (Å²) in [5.74, 6) is 0. The van der Waals surface area contributed by atoms with Gasteiger partial charge in [0.1, 0.15) is 0 Å². The number of aromatic nitrogens is 1. The van der Waals surface area contributed by atoms with Gasteiger partial charge in [-0.1, -0.05) is 41.9 Å². The highest BCUT2D eigenvalue weighted by atomic mass is 35.5. The third-order valence-electron chi connectivity index (χ3n) is 3.17. The number of alkyl halides is 3. The Hall–Kier alpha value is -2.07. The molecule has 0 aliphatic carbocycles. The summed E-state index contributed by atoms with van der Waals surface area (Å²) in [5.41, 5.74) is 1.17. The Labute approximate surface area is 124 Å². The second-order valence-electron chi connectivity index (χ2n) is 4.58. The van der Waals surface area contributed by atoms with E-state index in [2.05, 4.69) is 4.98 Å². The van der Waals surface area contributed by atoms with Crippen LogP contribution in [0.25, 0.3) is 22.2 Å². The fourth-order valence-corrected chi connectivity index (χ4v) is 2.37. The van der Waals surface area contributed by atoms with Gasteiger partial charge in [0.25, 0.3) is 0 Å². The third-order valence-corrected chi connectivity index (χ3v) is 3.49. The average molecular weight is 308 g/mol. The van der Waals surface area contributed by atoms with E-state index in [1.165, 1.54) is 12.1 Å². The monoisotopic (exact) mass is 307 g/mol. The van der Waals surface area contributed by atoms with Crippen molar-refractivity contribution < 1.29 is 13.2 Å². The van der Waals surface area contributed by atoms with Gasteiger partial charge in [-0.2, -0.15) is 13.2 Å². The van der Waals surface area contributed by atoms with Gasteiger partial charge < -0.3 is 0 Å². The molecule has 0 radical (unpaired) electrons. The first-order chi connectivity index (χ1) is 9.95. The molecule has 2 aromatic carbocycles. The third kappa shape index (κ3) is 2.72. The lowest BCUT2D eigenvalue weighted by Gasteiger charge is -2.08. The van der Waals surface area contributed by atoms with E-state index in [1.807, 2.05) is 24.3 Å². The molecule has 0 amide bonds. The Morgan fingerprint density at radius 3 is 2.24 bits per heavy atom. The largest absolute Gasteiger partial charge is 0.416 e. The van der Waals surface area contributed by atoms with Crippen LogP contribution in [0.3, 0.4) is 0 Å². The zero-order chi connectivity index (χ0) is 15.0. The van der Waals surface area contributed by atoms with Gasteiger partial charge in [-0.15, -0.1) is 0 Å². The van der Waals surface area contributed by atoms with E-state index in [-0.39, 0.29) is 0 Å². The van der Waals surface area contributed by atoms with E-state index in [9.17, 15) is 13.2 Å². The predicted octanol–water partition coefficient (Wildman–Crippen LogP) is 5.57. The molecule has 0 spiro atoms. The second-order valence-corrected chi connectivity index (χ2v) is 4.99. The standard InChI is InChI=1S/C16H9ClF3N/c17-13-9-15(21-14-4-2-1-3-12(13)14)10-5-7-11(8-6-10)16(18,19)20/h1-9H. The van der Waals surface area contributed by atoms with Crippen LogP contribution in [-0.4, -0.2) is 4.98 Å². The molecular weight excluding hydrogens is 299 g/mol. The summed E-state index contributed by atoms with van der Waals surface area (Å²) in [6.07, 6.45) is -4.34. The molecule has 3 aromatic rings. The molecule has 0 N–H and O–H groups in total. The summed E-state index contributed by atoms with van der Waals surface area (Å²) in [6, 6.07) is 13.9. The van der Waals surface area contributed by atoms with Crippen LogP contribution in [0, 0.1) is 0 Å². The van der Waals surface area contributed by atoms with Crippen molar-refractivity contribution in [3.05, 3.63) is 65.2 Å². The Balaban J connectivity index is 2.08. The molecule has 0 fully saturated rings. The van der Waals surface area contributed by atoms with Gasteiger partial charge in [-0.25, -0.2) is 4.98 Å². The van der Waals surface area contributed by atoms with Crippen LogP contribution in [0.4, 0.5) is 13.2 Å². The predicted molar refractivity (Wildman–Crippen MR) is 77.2 cm³/mol. The molecular formula is C16H9ClF3N. The number of nitrogens with zero attached hydrogens (tertiary/aromatic N) is 1. The summed E-state index contributed by atoms with van der Waals surface area (Å²) in [6.45, 7) is 0. The van der Waals surface area contributed by atoms with Gasteiger partial charge in [0.2, 0.25) is 0 Å². The Bertz CT molecular complexity index is 795. The van der Waals surface area contributed by atoms with Crippen LogP contribution in [0.1, 0.15) is 5.56 Å². The molecule has 1 heterocycles. The van der Waals surface area contributed by atoms with Crippen molar-refractivity contribution in [3.63, 3.8) is 0 Å². The van der Waals surface area contributed by atoms with Crippen molar-refractivity contribution in [2.45, 2.75) is 6.18 Å². The van der Waals surface area contributed by atoms with Gasteiger partial charge in [-0.3, -0.25) is 0 Å². The lowest BCUT2D eigenvalue weighted by Crippen LogP contribution is -2.04. The van der Waals surface area contributed by atoms with Crippen molar-refractivity contribution >= 4 is 22.5 Å². The molecule has 0 saturated heterocycles. The number of benzene rings is 2. The first-order valence-electron chi connectivity index (χ1n) is 6.18. The molecule has 106 valence electrons. The molecule has 3 rings (SSSR count). The second kappa shape index (κ2) is 5.04. The zero-order valence-corrected chi connectivity index (χ0v) is 11.4. The van der Waals surface area contributed by atoms with Crippen molar-refractivity contribution in [1.29, 1.82) is 0 Å². The van der Waals surface area contributed by atoms with E-state index >= 15 is 0 Å². The fourth-order valence-electron chi connectivity index (χ4n) is 2.11. The summed E-state index contributed by atoms with van der Waals surface area (Å²) in [4.78, 5) is 4.43. The summed E-state index contributed by atoms with van der Waals surface area (Å²) < 4.78 is 37.7. The first-order valence-corrected chi connectivity index (χ1v) is 6.56. The molecule has 0 unspecified atom stereocenters. The van der Waals surface area contributed by atoms with E-state index in [4.69, 9.17) is 11.6 Å². The van der Waals surface area contributed by atoms with Crippen molar-refractivity contribution in [2.24, 2.45) is 0 Å². The fraction of sp³-hybridized carbons (Fsp3) is 0.0625. The molecule has 21 heavy (non-hydrogen) atoms. The van der Waals surface area contributed by atoms with E-state index in [0.29, 0.717) is 21.8 Å². The lowest BCUT2D eigenvalue weighted by molar-refractivity contribution is -0.137. The molecule has 5 heteroatoms. The topological polar surface area (TPSA) is 12.9 Å². The number of hydrogen-bond donors (Lipinski definition) is 0. The maximum absolute atomic E-state index is 12.6. The highest BCUT2D eigenvalue weighted by Crippen LogP contribution is 2.32. The first kappa shape index (κ1) is 13.9. The normalized spacial score (nSPS) is 11.8. The van der Waals surface area contributed by atoms with Crippen LogP contribution >= 0.6 is 11.6 Å². The van der Waals surface area contributed by atoms with Crippen molar-refractivity contribution in [2.75, 3.05) is 0 Å². The number of halogens is 4. The van der Waals surface area contributed by atoms with E-state index in [1.54, 1.807) is 6.07 Å². The molecule has 0 saturated carbocycles. The Morgan fingerprint density at radius 1 is 0.905 bits per heavy atom. The van der Waals surface area contributed by atoms with Gasteiger partial charge in [-0.05, 0) is 24.3 Å². The molecule has 0 aliphatic rings. The van der Waals surface area contributed by atoms with E-state index < -0.39 is 11.7 Å². The highest BCUT2D eigenvalue weighted by Gasteiger charge is 2.30. The van der Waals surface area contributed by atoms with Gasteiger partial charge in [0.15, 0.2) is 0 Å². The minimum atomic E-state index is -4.34. The quantitative estimate of drug-likeness (QED) is 0.572. The summed E-state index contributed by atoms with van der Waals surface area (Å²) in [5, 5.41) is 1.34. The van der Waals surface area contributed by atoms with Gasteiger partial charge >= 0.3 is 6.18 Å². The average Bonchev–Trinajstić information content (AvgIpc) is 2.46. The van der Waals surface area contributed by atoms with Crippen LogP contribution in [0.15, 0.2) is 54.6 Å². The molecule has 1 nitrogen and oxygen atoms in total. The SMILES string of the molecule is FC(F)(F)c1ccc(-c2cc(Cl)c3ccccc3n2)cc1. The minimum absolute atomic E-state index is 0.524. The maximum atomic E-state index is 12.6. The molecule has 0 atom stereocenters. The number of fused-ring (bicyclic) bond motifs is 1. The number of pyridine rings is 1. The molecule has 0 aliphatic heterocycles. The van der Waals surface area contributed by atoms with Crippen LogP contribution in [-0.2, 0) is 6.18 Å². The number of rotatable bonds is 1. The summed E-state index contributed by atoms with van der Waals surface area (Å²) in [7, 11) is 0. The lowest BCUT2D eigenvalue weighted by atomic mass is 10.1. The smallest absolute Gasteiger partial charge is 0.248 e. The van der Waals surface area contributed by atoms with Crippen LogP contribution in [0.5, 0.6) is 0 Å². The Morgan fingerprint density at radius 2 is 1.57 bits per heavy atom. The molecule has 1 aromatic heterocycles. The van der Waals surface area contributed by atoms with Crippen molar-refractivity contribution in [1.82, 2.24) is 4.98 Å². The summed E-state index contributed by atoms with van der Waals surface area (Å²) >= 11 is 6.20. The Kier molecular flexibility index (Phi) is 3.33. The minimum Gasteiger partial charge on any atom is -0.248 e.